The van der Waals surface area contributed by atoms with E-state index in [9.17, 15) is 4.79 Å². The third-order valence-electron chi connectivity index (χ3n) is 5.31. The van der Waals surface area contributed by atoms with Gasteiger partial charge in [0.1, 0.15) is 5.52 Å². The maximum Gasteiger partial charge on any atom is 0.290 e. The first-order valence-corrected chi connectivity index (χ1v) is 9.50. The highest BCUT2D eigenvalue weighted by Crippen LogP contribution is 2.25. The predicted molar refractivity (Wildman–Crippen MR) is 102 cm³/mol. The van der Waals surface area contributed by atoms with Crippen LogP contribution >= 0.6 is 0 Å². The lowest BCUT2D eigenvalue weighted by atomic mass is 10.1. The molecule has 1 saturated heterocycles. The molecule has 2 aliphatic heterocycles. The second-order valence-electron chi connectivity index (χ2n) is 6.97. The van der Waals surface area contributed by atoms with E-state index < -0.39 is 0 Å². The zero-order valence-corrected chi connectivity index (χ0v) is 15.8. The molecule has 0 bridgehead atoms. The van der Waals surface area contributed by atoms with Crippen molar-refractivity contribution in [2.45, 2.75) is 31.8 Å². The normalized spacial score (nSPS) is 16.8. The monoisotopic (exact) mass is 398 g/mol. The van der Waals surface area contributed by atoms with Gasteiger partial charge in [-0.05, 0) is 18.9 Å². The summed E-state index contributed by atoms with van der Waals surface area (Å²) in [5, 5.41) is 6.89. The van der Waals surface area contributed by atoms with Crippen LogP contribution in [0.1, 0.15) is 40.6 Å². The Balaban J connectivity index is 0.000000645. The molecule has 10 heteroatoms. The molecule has 0 spiro atoms. The largest absolute Gasteiger partial charge is 0.483 e. The van der Waals surface area contributed by atoms with Crippen molar-refractivity contribution >= 4 is 23.5 Å². The molecular weight excluding hydrogens is 376 g/mol. The maximum absolute atomic E-state index is 12.9. The lowest BCUT2D eigenvalue weighted by molar-refractivity contribution is -0.122. The van der Waals surface area contributed by atoms with E-state index in [1.807, 2.05) is 17.3 Å². The number of aromatic amines is 1. The van der Waals surface area contributed by atoms with Crippen molar-refractivity contribution in [3.8, 4) is 0 Å². The highest BCUT2D eigenvalue weighted by molar-refractivity contribution is 5.96. The molecule has 0 atom stereocenters. The summed E-state index contributed by atoms with van der Waals surface area (Å²) in [5.74, 6) is -0.0136. The van der Waals surface area contributed by atoms with Crippen LogP contribution in [-0.4, -0.2) is 66.6 Å². The summed E-state index contributed by atoms with van der Waals surface area (Å²) in [7, 11) is 0. The minimum atomic E-state index is -0.250. The van der Waals surface area contributed by atoms with Crippen LogP contribution in [-0.2, 0) is 22.5 Å². The molecule has 5 rings (SSSR count). The van der Waals surface area contributed by atoms with Gasteiger partial charge in [0.2, 0.25) is 0 Å². The second-order valence-corrected chi connectivity index (χ2v) is 6.97. The molecule has 0 aliphatic carbocycles. The minimum Gasteiger partial charge on any atom is -0.483 e. The summed E-state index contributed by atoms with van der Waals surface area (Å²) in [6.07, 6.45) is 7.90. The van der Waals surface area contributed by atoms with E-state index >= 15 is 0 Å². The summed E-state index contributed by atoms with van der Waals surface area (Å²) < 4.78 is 7.55. The Morgan fingerprint density at radius 2 is 2.07 bits per heavy atom. The molecule has 10 nitrogen and oxygen atoms in total. The third-order valence-corrected chi connectivity index (χ3v) is 5.31. The quantitative estimate of drug-likeness (QED) is 0.625. The summed E-state index contributed by atoms with van der Waals surface area (Å²) in [6, 6.07) is 2.21. The highest BCUT2D eigenvalue weighted by atomic mass is 16.5. The first kappa shape index (κ1) is 19.1. The van der Waals surface area contributed by atoms with E-state index in [0.29, 0.717) is 24.7 Å². The average molecular weight is 398 g/mol. The molecule has 1 amide bonds. The van der Waals surface area contributed by atoms with E-state index in [4.69, 9.17) is 14.6 Å². The molecule has 2 N–H and O–H groups in total. The SMILES string of the molecule is O=C(c1cnc2c(c1)ncn2C1CCOCC1)N1CCc2nc[nH]c2C1.O=CO. The van der Waals surface area contributed by atoms with Crippen molar-refractivity contribution < 1.29 is 19.4 Å². The van der Waals surface area contributed by atoms with Gasteiger partial charge in [-0.1, -0.05) is 0 Å². The van der Waals surface area contributed by atoms with Gasteiger partial charge in [0.25, 0.3) is 12.4 Å². The average Bonchev–Trinajstić information content (AvgIpc) is 3.40. The van der Waals surface area contributed by atoms with Crippen molar-refractivity contribution in [2.75, 3.05) is 19.8 Å². The van der Waals surface area contributed by atoms with Crippen LogP contribution in [0, 0.1) is 0 Å². The number of rotatable bonds is 2. The van der Waals surface area contributed by atoms with Crippen LogP contribution in [0.5, 0.6) is 0 Å². The topological polar surface area (TPSA) is 126 Å². The summed E-state index contributed by atoms with van der Waals surface area (Å²) in [6.45, 7) is 2.52. The van der Waals surface area contributed by atoms with Crippen LogP contribution in [0.15, 0.2) is 24.9 Å². The van der Waals surface area contributed by atoms with Crippen LogP contribution in [0.25, 0.3) is 11.2 Å². The first-order valence-electron chi connectivity index (χ1n) is 9.50. The number of amides is 1. The molecule has 0 radical (unpaired) electrons. The van der Waals surface area contributed by atoms with Crippen molar-refractivity contribution in [3.63, 3.8) is 0 Å². The Morgan fingerprint density at radius 1 is 1.28 bits per heavy atom. The number of pyridine rings is 1. The molecular formula is C19H22N6O4. The molecule has 0 saturated carbocycles. The number of carboxylic acid groups (broad SMARTS) is 1. The van der Waals surface area contributed by atoms with Crippen molar-refractivity contribution in [2.24, 2.45) is 0 Å². The van der Waals surface area contributed by atoms with E-state index in [2.05, 4.69) is 24.5 Å². The number of carbonyl (C=O) groups excluding carboxylic acids is 1. The smallest absolute Gasteiger partial charge is 0.290 e. The summed E-state index contributed by atoms with van der Waals surface area (Å²) in [4.78, 5) is 39.5. The van der Waals surface area contributed by atoms with Crippen LogP contribution in [0.2, 0.25) is 0 Å². The first-order chi connectivity index (χ1) is 14.2. The highest BCUT2D eigenvalue weighted by Gasteiger charge is 2.25. The minimum absolute atomic E-state index is 0.0136. The fourth-order valence-corrected chi connectivity index (χ4v) is 3.83. The van der Waals surface area contributed by atoms with Crippen molar-refractivity contribution in [1.29, 1.82) is 0 Å². The van der Waals surface area contributed by atoms with Gasteiger partial charge in [-0.2, -0.15) is 0 Å². The number of nitrogens with one attached hydrogen (secondary N) is 1. The van der Waals surface area contributed by atoms with Crippen molar-refractivity contribution in [1.82, 2.24) is 29.4 Å². The fraction of sp³-hybridized carbons (Fsp3) is 0.421. The zero-order chi connectivity index (χ0) is 20.2. The van der Waals surface area contributed by atoms with Crippen LogP contribution in [0.4, 0.5) is 0 Å². The number of nitrogens with zero attached hydrogens (tertiary/aromatic N) is 5. The third kappa shape index (κ3) is 3.83. The van der Waals surface area contributed by atoms with E-state index in [0.717, 1.165) is 55.0 Å². The van der Waals surface area contributed by atoms with Gasteiger partial charge in [-0.25, -0.2) is 15.0 Å². The number of hydrogen-bond acceptors (Lipinski definition) is 6. The Labute approximate surface area is 166 Å². The molecule has 2 aliphatic rings. The lowest BCUT2D eigenvalue weighted by Gasteiger charge is -2.26. The number of fused-ring (bicyclic) bond motifs is 2. The molecule has 0 aromatic carbocycles. The number of imidazole rings is 2. The Bertz CT molecular complexity index is 1010. The number of carbonyl (C=O) groups is 2. The maximum atomic E-state index is 12.9. The molecule has 0 unspecified atom stereocenters. The van der Waals surface area contributed by atoms with E-state index in [1.165, 1.54) is 0 Å². The standard InChI is InChI=1S/C18H20N6O2.CH2O2/c25-18(23-4-1-14-16(9-23)21-10-20-14)12-7-15-17(19-8-12)24(11-22-15)13-2-5-26-6-3-13;2-1-3/h7-8,10-11,13H,1-6,9H2,(H,20,21);1H,(H,2,3). The number of ether oxygens (including phenoxy) is 1. The predicted octanol–water partition coefficient (Wildman–Crippen LogP) is 1.41. The molecule has 1 fully saturated rings. The Kier molecular flexibility index (Phi) is 5.52. The molecule has 152 valence electrons. The summed E-state index contributed by atoms with van der Waals surface area (Å²) in [5.41, 5.74) is 4.25. The molecule has 5 heterocycles. The number of aromatic nitrogens is 5. The van der Waals surface area contributed by atoms with Gasteiger partial charge in [0, 0.05) is 38.4 Å². The molecule has 29 heavy (non-hydrogen) atoms. The van der Waals surface area contributed by atoms with E-state index in [-0.39, 0.29) is 12.4 Å². The van der Waals surface area contributed by atoms with Gasteiger partial charge in [0.15, 0.2) is 5.65 Å². The van der Waals surface area contributed by atoms with Crippen molar-refractivity contribution in [3.05, 3.63) is 41.9 Å². The summed E-state index contributed by atoms with van der Waals surface area (Å²) >= 11 is 0. The Hall–Kier alpha value is -3.27. The van der Waals surface area contributed by atoms with Gasteiger partial charge in [-0.15, -0.1) is 0 Å². The molecule has 3 aromatic heterocycles. The van der Waals surface area contributed by atoms with Crippen LogP contribution < -0.4 is 0 Å². The van der Waals surface area contributed by atoms with Gasteiger partial charge in [0.05, 0.1) is 36.2 Å². The van der Waals surface area contributed by atoms with Crippen LogP contribution in [0.3, 0.4) is 0 Å². The fourth-order valence-electron chi connectivity index (χ4n) is 3.83. The lowest BCUT2D eigenvalue weighted by Crippen LogP contribution is -2.36. The molecule has 3 aromatic rings. The zero-order valence-electron chi connectivity index (χ0n) is 15.8. The number of H-pyrrole nitrogens is 1. The Morgan fingerprint density at radius 3 is 2.86 bits per heavy atom. The van der Waals surface area contributed by atoms with Gasteiger partial charge < -0.3 is 24.3 Å². The van der Waals surface area contributed by atoms with Gasteiger partial charge in [-0.3, -0.25) is 9.59 Å². The second kappa shape index (κ2) is 8.39. The van der Waals surface area contributed by atoms with Gasteiger partial charge >= 0.3 is 0 Å². The van der Waals surface area contributed by atoms with E-state index in [1.54, 1.807) is 12.5 Å². The number of hydrogen-bond donors (Lipinski definition) is 2.